The first kappa shape index (κ1) is 15.2. The Bertz CT molecular complexity index is 588. The van der Waals surface area contributed by atoms with Crippen LogP contribution >= 0.6 is 0 Å². The van der Waals surface area contributed by atoms with E-state index >= 15 is 0 Å². The second-order valence-corrected chi connectivity index (χ2v) is 5.39. The molecule has 0 amide bonds. The van der Waals surface area contributed by atoms with Gasteiger partial charge in [-0.3, -0.25) is 0 Å². The number of aryl methyl sites for hydroxylation is 3. The number of nitrogen functional groups attached to an aromatic ring is 1. The first-order valence-electron chi connectivity index (χ1n) is 7.24. The lowest BCUT2D eigenvalue weighted by atomic mass is 10.1. The van der Waals surface area contributed by atoms with Crippen LogP contribution in [0.1, 0.15) is 23.1 Å². The average Bonchev–Trinajstić information content (AvgIpc) is 2.41. The summed E-state index contributed by atoms with van der Waals surface area (Å²) < 4.78 is 11.4. The third-order valence-electron chi connectivity index (χ3n) is 3.27. The van der Waals surface area contributed by atoms with Gasteiger partial charge < -0.3 is 15.2 Å². The summed E-state index contributed by atoms with van der Waals surface area (Å²) in [5.41, 5.74) is 10.1. The highest BCUT2D eigenvalue weighted by Gasteiger charge is 1.99. The van der Waals surface area contributed by atoms with Gasteiger partial charge in [-0.25, -0.2) is 0 Å². The first-order valence-corrected chi connectivity index (χ1v) is 7.24. The van der Waals surface area contributed by atoms with Crippen molar-refractivity contribution in [3.05, 3.63) is 53.1 Å². The molecule has 0 unspecified atom stereocenters. The Morgan fingerprint density at radius 2 is 1.43 bits per heavy atom. The zero-order chi connectivity index (χ0) is 15.2. The lowest BCUT2D eigenvalue weighted by molar-refractivity contribution is 0.247. The third kappa shape index (κ3) is 4.71. The van der Waals surface area contributed by atoms with Crippen molar-refractivity contribution in [3.8, 4) is 11.5 Å². The standard InChI is InChI=1S/C18H23NO2/c1-13-9-14(2)11-17(10-13)21-8-4-7-20-16-6-5-15(3)18(19)12-16/h5-6,9-12H,4,7-8,19H2,1-3H3. The van der Waals surface area contributed by atoms with Crippen molar-refractivity contribution in [2.24, 2.45) is 0 Å². The summed E-state index contributed by atoms with van der Waals surface area (Å²) >= 11 is 0. The van der Waals surface area contributed by atoms with Crippen LogP contribution in [-0.2, 0) is 0 Å². The van der Waals surface area contributed by atoms with Gasteiger partial charge in [0.25, 0.3) is 0 Å². The van der Waals surface area contributed by atoms with E-state index in [1.807, 2.05) is 25.1 Å². The second kappa shape index (κ2) is 7.02. The van der Waals surface area contributed by atoms with Crippen molar-refractivity contribution < 1.29 is 9.47 Å². The van der Waals surface area contributed by atoms with Gasteiger partial charge in [-0.05, 0) is 55.7 Å². The van der Waals surface area contributed by atoms with Crippen molar-refractivity contribution in [2.75, 3.05) is 18.9 Å². The van der Waals surface area contributed by atoms with Crippen LogP contribution in [0.4, 0.5) is 5.69 Å². The number of rotatable bonds is 6. The number of ether oxygens (including phenoxy) is 2. The minimum atomic E-state index is 0.618. The molecule has 0 heterocycles. The summed E-state index contributed by atoms with van der Waals surface area (Å²) in [6.45, 7) is 7.39. The predicted molar refractivity (Wildman–Crippen MR) is 87.1 cm³/mol. The quantitative estimate of drug-likeness (QED) is 0.643. The highest BCUT2D eigenvalue weighted by atomic mass is 16.5. The van der Waals surface area contributed by atoms with E-state index in [0.717, 1.165) is 29.2 Å². The maximum absolute atomic E-state index is 5.85. The van der Waals surface area contributed by atoms with Gasteiger partial charge in [-0.15, -0.1) is 0 Å². The minimum Gasteiger partial charge on any atom is -0.493 e. The molecule has 0 aliphatic heterocycles. The van der Waals surface area contributed by atoms with Gasteiger partial charge in [0.2, 0.25) is 0 Å². The molecule has 2 rings (SSSR count). The van der Waals surface area contributed by atoms with E-state index in [9.17, 15) is 0 Å². The number of benzene rings is 2. The second-order valence-electron chi connectivity index (χ2n) is 5.39. The number of hydrogen-bond donors (Lipinski definition) is 1. The van der Waals surface area contributed by atoms with Crippen molar-refractivity contribution in [1.82, 2.24) is 0 Å². The predicted octanol–water partition coefficient (Wildman–Crippen LogP) is 4.04. The molecule has 0 aliphatic rings. The van der Waals surface area contributed by atoms with Crippen LogP contribution in [-0.4, -0.2) is 13.2 Å². The molecule has 0 saturated heterocycles. The van der Waals surface area contributed by atoms with Crippen LogP contribution in [0.5, 0.6) is 11.5 Å². The zero-order valence-corrected chi connectivity index (χ0v) is 13.0. The summed E-state index contributed by atoms with van der Waals surface area (Å²) in [6.07, 6.45) is 0.834. The molecule has 0 aliphatic carbocycles. The summed E-state index contributed by atoms with van der Waals surface area (Å²) in [5.74, 6) is 1.73. The Morgan fingerprint density at radius 3 is 2.05 bits per heavy atom. The van der Waals surface area contributed by atoms with Crippen LogP contribution in [0.25, 0.3) is 0 Å². The van der Waals surface area contributed by atoms with Crippen LogP contribution in [0.15, 0.2) is 36.4 Å². The van der Waals surface area contributed by atoms with Gasteiger partial charge >= 0.3 is 0 Å². The Balaban J connectivity index is 1.73. The molecule has 0 fully saturated rings. The molecule has 3 heteroatoms. The lowest BCUT2D eigenvalue weighted by Crippen LogP contribution is -2.05. The summed E-state index contributed by atoms with van der Waals surface area (Å²) in [6, 6.07) is 12.0. The highest BCUT2D eigenvalue weighted by Crippen LogP contribution is 2.19. The number of hydrogen-bond acceptors (Lipinski definition) is 3. The summed E-state index contributed by atoms with van der Waals surface area (Å²) in [4.78, 5) is 0. The van der Waals surface area contributed by atoms with Crippen molar-refractivity contribution in [3.63, 3.8) is 0 Å². The average molecular weight is 285 g/mol. The van der Waals surface area contributed by atoms with Crippen molar-refractivity contribution in [1.29, 1.82) is 0 Å². The van der Waals surface area contributed by atoms with Crippen LogP contribution < -0.4 is 15.2 Å². The first-order chi connectivity index (χ1) is 10.0. The van der Waals surface area contributed by atoms with E-state index in [2.05, 4.69) is 32.0 Å². The van der Waals surface area contributed by atoms with Crippen LogP contribution in [0.2, 0.25) is 0 Å². The Labute approximate surface area is 126 Å². The number of nitrogens with two attached hydrogens (primary N) is 1. The molecule has 0 bridgehead atoms. The monoisotopic (exact) mass is 285 g/mol. The molecule has 2 aromatic carbocycles. The highest BCUT2D eigenvalue weighted by molar-refractivity contribution is 5.50. The van der Waals surface area contributed by atoms with Gasteiger partial charge in [0, 0.05) is 18.2 Å². The van der Waals surface area contributed by atoms with Crippen LogP contribution in [0.3, 0.4) is 0 Å². The Morgan fingerprint density at radius 1 is 0.810 bits per heavy atom. The Kier molecular flexibility index (Phi) is 5.09. The zero-order valence-electron chi connectivity index (χ0n) is 13.0. The molecule has 2 aromatic rings. The van der Waals surface area contributed by atoms with E-state index in [1.165, 1.54) is 11.1 Å². The SMILES string of the molecule is Cc1cc(C)cc(OCCCOc2ccc(C)c(N)c2)c1. The van der Waals surface area contributed by atoms with E-state index in [1.54, 1.807) is 0 Å². The molecule has 112 valence electrons. The van der Waals surface area contributed by atoms with Gasteiger partial charge in [0.1, 0.15) is 11.5 Å². The van der Waals surface area contributed by atoms with E-state index in [0.29, 0.717) is 13.2 Å². The van der Waals surface area contributed by atoms with Gasteiger partial charge in [-0.2, -0.15) is 0 Å². The van der Waals surface area contributed by atoms with Crippen LogP contribution in [0, 0.1) is 20.8 Å². The summed E-state index contributed by atoms with van der Waals surface area (Å²) in [5, 5.41) is 0. The van der Waals surface area contributed by atoms with Gasteiger partial charge in [-0.1, -0.05) is 12.1 Å². The van der Waals surface area contributed by atoms with E-state index < -0.39 is 0 Å². The molecule has 2 N–H and O–H groups in total. The van der Waals surface area contributed by atoms with Gasteiger partial charge in [0.05, 0.1) is 13.2 Å². The molecular weight excluding hydrogens is 262 g/mol. The fourth-order valence-electron chi connectivity index (χ4n) is 2.16. The maximum Gasteiger partial charge on any atom is 0.121 e. The lowest BCUT2D eigenvalue weighted by Gasteiger charge is -2.10. The topological polar surface area (TPSA) is 44.5 Å². The Hall–Kier alpha value is -2.16. The third-order valence-corrected chi connectivity index (χ3v) is 3.27. The fraction of sp³-hybridized carbons (Fsp3) is 0.333. The number of anilines is 1. The van der Waals surface area contributed by atoms with Gasteiger partial charge in [0.15, 0.2) is 0 Å². The molecule has 3 nitrogen and oxygen atoms in total. The van der Waals surface area contributed by atoms with Crippen molar-refractivity contribution >= 4 is 5.69 Å². The van der Waals surface area contributed by atoms with E-state index in [-0.39, 0.29) is 0 Å². The fourth-order valence-corrected chi connectivity index (χ4v) is 2.16. The molecule has 0 spiro atoms. The largest absolute Gasteiger partial charge is 0.493 e. The molecule has 0 atom stereocenters. The smallest absolute Gasteiger partial charge is 0.121 e. The molecule has 0 radical (unpaired) electrons. The molecule has 0 aromatic heterocycles. The molecule has 0 saturated carbocycles. The summed E-state index contributed by atoms with van der Waals surface area (Å²) in [7, 11) is 0. The van der Waals surface area contributed by atoms with Crippen molar-refractivity contribution in [2.45, 2.75) is 27.2 Å². The normalized spacial score (nSPS) is 10.4. The maximum atomic E-state index is 5.85. The minimum absolute atomic E-state index is 0.618. The molecule has 21 heavy (non-hydrogen) atoms. The van der Waals surface area contributed by atoms with E-state index in [4.69, 9.17) is 15.2 Å². The molecular formula is C18H23NO2.